The maximum atomic E-state index is 4.38. The molecule has 0 atom stereocenters. The van der Waals surface area contributed by atoms with Gasteiger partial charge < -0.3 is 10.2 Å². The third kappa shape index (κ3) is 2.96. The third-order valence-electron chi connectivity index (χ3n) is 2.02. The molecule has 0 fully saturated rings. The van der Waals surface area contributed by atoms with Crippen LogP contribution in [0, 0.1) is 6.92 Å². The van der Waals surface area contributed by atoms with Gasteiger partial charge in [-0.25, -0.2) is 4.98 Å². The first-order valence-electron chi connectivity index (χ1n) is 4.63. The van der Waals surface area contributed by atoms with Gasteiger partial charge in [0.05, 0.1) is 4.47 Å². The number of anilines is 1. The summed E-state index contributed by atoms with van der Waals surface area (Å²) in [6.07, 6.45) is 1.88. The van der Waals surface area contributed by atoms with Gasteiger partial charge in [-0.1, -0.05) is 0 Å². The van der Waals surface area contributed by atoms with Crippen LogP contribution in [0.4, 0.5) is 5.82 Å². The van der Waals surface area contributed by atoms with Crippen LogP contribution in [0.5, 0.6) is 0 Å². The molecule has 1 aromatic heterocycles. The maximum Gasteiger partial charge on any atom is 0.142 e. The number of nitrogens with zero attached hydrogens (tertiary/aromatic N) is 2. The minimum Gasteiger partial charge on any atom is -0.357 e. The van der Waals surface area contributed by atoms with Crippen molar-refractivity contribution in [3.05, 3.63) is 22.3 Å². The molecule has 0 aliphatic rings. The molecule has 1 N–H and O–H groups in total. The summed E-state index contributed by atoms with van der Waals surface area (Å²) in [6, 6.07) is 2.08. The minimum atomic E-state index is 0.950. The van der Waals surface area contributed by atoms with Gasteiger partial charge in [0, 0.05) is 26.3 Å². The zero-order valence-corrected chi connectivity index (χ0v) is 10.4. The molecule has 3 nitrogen and oxygen atoms in total. The van der Waals surface area contributed by atoms with E-state index in [0.29, 0.717) is 0 Å². The van der Waals surface area contributed by atoms with E-state index in [1.807, 2.05) is 27.2 Å². The lowest BCUT2D eigenvalue weighted by Crippen LogP contribution is -2.27. The van der Waals surface area contributed by atoms with Crippen molar-refractivity contribution >= 4 is 21.7 Å². The average Bonchev–Trinajstić information content (AvgIpc) is 2.14. The number of hydrogen-bond donors (Lipinski definition) is 1. The molecule has 0 bridgehead atoms. The van der Waals surface area contributed by atoms with E-state index in [4.69, 9.17) is 0 Å². The highest BCUT2D eigenvalue weighted by Gasteiger charge is 2.06. The number of halogens is 1. The van der Waals surface area contributed by atoms with Crippen molar-refractivity contribution in [2.45, 2.75) is 6.92 Å². The highest BCUT2D eigenvalue weighted by molar-refractivity contribution is 9.10. The largest absolute Gasteiger partial charge is 0.357 e. The van der Waals surface area contributed by atoms with Crippen molar-refractivity contribution in [1.82, 2.24) is 10.3 Å². The normalized spacial score (nSPS) is 10.3. The summed E-state index contributed by atoms with van der Waals surface area (Å²) in [6.45, 7) is 3.94. The Morgan fingerprint density at radius 3 is 2.86 bits per heavy atom. The van der Waals surface area contributed by atoms with Crippen LogP contribution in [0.15, 0.2) is 16.7 Å². The predicted molar refractivity (Wildman–Crippen MR) is 63.9 cm³/mol. The number of rotatable bonds is 4. The predicted octanol–water partition coefficient (Wildman–Crippen LogP) is 1.81. The van der Waals surface area contributed by atoms with Crippen molar-refractivity contribution in [2.24, 2.45) is 0 Å². The first-order valence-corrected chi connectivity index (χ1v) is 5.42. The van der Waals surface area contributed by atoms with Crippen LogP contribution in [0.25, 0.3) is 0 Å². The van der Waals surface area contributed by atoms with Gasteiger partial charge in [-0.2, -0.15) is 0 Å². The second-order valence-electron chi connectivity index (χ2n) is 3.34. The topological polar surface area (TPSA) is 28.2 Å². The Hall–Kier alpha value is -0.610. The standard InChI is InChI=1S/C10H16BrN3/c1-8-6-9(11)10(13-7-8)14(3)5-4-12-2/h6-7,12H,4-5H2,1-3H3. The number of pyridine rings is 1. The summed E-state index contributed by atoms with van der Waals surface area (Å²) >= 11 is 3.52. The average molecular weight is 258 g/mol. The summed E-state index contributed by atoms with van der Waals surface area (Å²) in [5, 5.41) is 3.11. The zero-order valence-electron chi connectivity index (χ0n) is 8.84. The Balaban J connectivity index is 2.74. The first kappa shape index (κ1) is 11.5. The molecule has 1 aromatic rings. The molecule has 14 heavy (non-hydrogen) atoms. The summed E-state index contributed by atoms with van der Waals surface area (Å²) in [4.78, 5) is 6.51. The quantitative estimate of drug-likeness (QED) is 0.892. The minimum absolute atomic E-state index is 0.950. The second-order valence-corrected chi connectivity index (χ2v) is 4.20. The number of nitrogens with one attached hydrogen (secondary N) is 1. The highest BCUT2D eigenvalue weighted by atomic mass is 79.9. The van der Waals surface area contributed by atoms with Crippen LogP contribution in [0.1, 0.15) is 5.56 Å². The van der Waals surface area contributed by atoms with Crippen molar-refractivity contribution in [3.8, 4) is 0 Å². The van der Waals surface area contributed by atoms with Gasteiger partial charge in [-0.3, -0.25) is 0 Å². The Morgan fingerprint density at radius 1 is 1.57 bits per heavy atom. The molecular formula is C10H16BrN3. The molecular weight excluding hydrogens is 242 g/mol. The molecule has 0 aliphatic carbocycles. The number of aromatic nitrogens is 1. The molecule has 0 unspecified atom stereocenters. The molecule has 1 rings (SSSR count). The van der Waals surface area contributed by atoms with Gasteiger partial charge in [0.15, 0.2) is 0 Å². The fourth-order valence-electron chi connectivity index (χ4n) is 1.19. The summed E-state index contributed by atoms with van der Waals surface area (Å²) in [5.74, 6) is 0.992. The number of aryl methyl sites for hydroxylation is 1. The summed E-state index contributed by atoms with van der Waals surface area (Å²) in [5.41, 5.74) is 1.17. The van der Waals surface area contributed by atoms with Crippen molar-refractivity contribution < 1.29 is 0 Å². The monoisotopic (exact) mass is 257 g/mol. The third-order valence-corrected chi connectivity index (χ3v) is 2.60. The van der Waals surface area contributed by atoms with E-state index >= 15 is 0 Å². The van der Waals surface area contributed by atoms with E-state index in [2.05, 4.69) is 37.2 Å². The van der Waals surface area contributed by atoms with Crippen LogP contribution in [-0.2, 0) is 0 Å². The zero-order chi connectivity index (χ0) is 10.6. The maximum absolute atomic E-state index is 4.38. The van der Waals surface area contributed by atoms with E-state index in [9.17, 15) is 0 Å². The lowest BCUT2D eigenvalue weighted by atomic mass is 10.3. The van der Waals surface area contributed by atoms with Crippen LogP contribution in [-0.4, -0.2) is 32.2 Å². The molecule has 0 spiro atoms. The Bertz CT molecular complexity index is 301. The van der Waals surface area contributed by atoms with Crippen LogP contribution < -0.4 is 10.2 Å². The number of hydrogen-bond acceptors (Lipinski definition) is 3. The van der Waals surface area contributed by atoms with Gasteiger partial charge in [-0.15, -0.1) is 0 Å². The van der Waals surface area contributed by atoms with Crippen molar-refractivity contribution in [3.63, 3.8) is 0 Å². The van der Waals surface area contributed by atoms with Gasteiger partial charge in [0.2, 0.25) is 0 Å². The van der Waals surface area contributed by atoms with Crippen molar-refractivity contribution in [2.75, 3.05) is 32.1 Å². The van der Waals surface area contributed by atoms with Crippen LogP contribution in [0.2, 0.25) is 0 Å². The lowest BCUT2D eigenvalue weighted by molar-refractivity contribution is 0.760. The van der Waals surface area contributed by atoms with Gasteiger partial charge in [0.25, 0.3) is 0 Å². The molecule has 4 heteroatoms. The van der Waals surface area contributed by atoms with Crippen LogP contribution >= 0.6 is 15.9 Å². The van der Waals surface area contributed by atoms with E-state index in [0.717, 1.165) is 23.4 Å². The van der Waals surface area contributed by atoms with Gasteiger partial charge in [-0.05, 0) is 41.5 Å². The Labute approximate surface area is 93.7 Å². The molecule has 0 saturated carbocycles. The van der Waals surface area contributed by atoms with E-state index in [1.165, 1.54) is 5.56 Å². The highest BCUT2D eigenvalue weighted by Crippen LogP contribution is 2.22. The fraction of sp³-hybridized carbons (Fsp3) is 0.500. The summed E-state index contributed by atoms with van der Waals surface area (Å²) in [7, 11) is 3.99. The fourth-order valence-corrected chi connectivity index (χ4v) is 1.96. The van der Waals surface area contributed by atoms with Gasteiger partial charge >= 0.3 is 0 Å². The van der Waals surface area contributed by atoms with E-state index in [1.54, 1.807) is 0 Å². The van der Waals surface area contributed by atoms with Crippen molar-refractivity contribution in [1.29, 1.82) is 0 Å². The first-order chi connectivity index (χ1) is 6.65. The Morgan fingerprint density at radius 2 is 2.29 bits per heavy atom. The molecule has 0 aliphatic heterocycles. The molecule has 1 heterocycles. The number of likely N-dealkylation sites (N-methyl/N-ethyl adjacent to an activating group) is 2. The molecule has 0 radical (unpaired) electrons. The van der Waals surface area contributed by atoms with Gasteiger partial charge in [0.1, 0.15) is 5.82 Å². The van der Waals surface area contributed by atoms with E-state index < -0.39 is 0 Å². The lowest BCUT2D eigenvalue weighted by Gasteiger charge is -2.19. The summed E-state index contributed by atoms with van der Waals surface area (Å²) < 4.78 is 1.05. The molecule has 78 valence electrons. The SMILES string of the molecule is CNCCN(C)c1ncc(C)cc1Br. The molecule has 0 saturated heterocycles. The van der Waals surface area contributed by atoms with E-state index in [-0.39, 0.29) is 0 Å². The Kier molecular flexibility index (Phi) is 4.35. The second kappa shape index (κ2) is 5.32. The molecule has 0 amide bonds. The molecule has 0 aromatic carbocycles. The smallest absolute Gasteiger partial charge is 0.142 e. The van der Waals surface area contributed by atoms with Crippen LogP contribution in [0.3, 0.4) is 0 Å².